The summed E-state index contributed by atoms with van der Waals surface area (Å²) in [4.78, 5) is 3.87. The van der Waals surface area contributed by atoms with Gasteiger partial charge in [-0.05, 0) is 27.6 Å². The van der Waals surface area contributed by atoms with E-state index in [1.54, 1.807) is 18.5 Å². The lowest BCUT2D eigenvalue weighted by Crippen LogP contribution is -2.15. The summed E-state index contributed by atoms with van der Waals surface area (Å²) in [5.74, 6) is 0. The molecule has 11 heavy (non-hydrogen) atoms. The van der Waals surface area contributed by atoms with E-state index in [4.69, 9.17) is 10.0 Å². The summed E-state index contributed by atoms with van der Waals surface area (Å²) < 4.78 is 0.843. The van der Waals surface area contributed by atoms with Crippen molar-refractivity contribution in [1.82, 2.24) is 4.98 Å². The third-order valence-electron chi connectivity index (χ3n) is 1.18. The zero-order chi connectivity index (χ0) is 8.27. The molecule has 0 fully saturated rings. The number of hydrogen-bond acceptors (Lipinski definition) is 3. The molecule has 0 saturated carbocycles. The Morgan fingerprint density at radius 3 is 2.73 bits per heavy atom. The van der Waals surface area contributed by atoms with Gasteiger partial charge in [-0.25, -0.2) is 0 Å². The van der Waals surface area contributed by atoms with Crippen molar-refractivity contribution in [3.05, 3.63) is 28.5 Å². The number of nitrogens with zero attached hydrogens (tertiary/aromatic N) is 1. The van der Waals surface area contributed by atoms with Crippen LogP contribution >= 0.6 is 15.9 Å². The van der Waals surface area contributed by atoms with E-state index < -0.39 is 7.12 Å². The predicted octanol–water partition coefficient (Wildman–Crippen LogP) is 0.399. The van der Waals surface area contributed by atoms with Crippen molar-refractivity contribution in [2.24, 2.45) is 0 Å². The van der Waals surface area contributed by atoms with Gasteiger partial charge in [-0.1, -0.05) is 0 Å². The molecule has 0 spiro atoms. The predicted molar refractivity (Wildman–Crippen MR) is 45.8 cm³/mol. The van der Waals surface area contributed by atoms with E-state index >= 15 is 0 Å². The van der Waals surface area contributed by atoms with Gasteiger partial charge in [-0.15, -0.1) is 0 Å². The highest BCUT2D eigenvalue weighted by Gasteiger charge is 2.07. The first kappa shape index (κ1) is 8.71. The third-order valence-corrected chi connectivity index (χ3v) is 1.61. The van der Waals surface area contributed by atoms with Crippen molar-refractivity contribution >= 4 is 23.0 Å². The van der Waals surface area contributed by atoms with Gasteiger partial charge in [-0.3, -0.25) is 4.98 Å². The third kappa shape index (κ3) is 3.01. The monoisotopic (exact) mass is 215 g/mol. The minimum atomic E-state index is -1.30. The molecule has 0 saturated heterocycles. The molecule has 0 aliphatic rings. The number of hydrogen-bond donors (Lipinski definition) is 2. The average Bonchev–Trinajstić information content (AvgIpc) is 1.85. The van der Waals surface area contributed by atoms with E-state index in [9.17, 15) is 0 Å². The standard InChI is InChI=1S/C6H7BBrNO2/c8-6-1-5(2-7(10)11)3-9-4-6/h1,3-4,10-11H,2H2. The van der Waals surface area contributed by atoms with Gasteiger partial charge in [-0.2, -0.15) is 0 Å². The minimum Gasteiger partial charge on any atom is -0.427 e. The highest BCUT2D eigenvalue weighted by molar-refractivity contribution is 9.10. The van der Waals surface area contributed by atoms with Gasteiger partial charge in [0, 0.05) is 23.2 Å². The molecule has 0 unspecified atom stereocenters. The Bertz CT molecular complexity index is 244. The first-order chi connectivity index (χ1) is 5.18. The molecule has 58 valence electrons. The maximum Gasteiger partial charge on any atom is 0.456 e. The maximum absolute atomic E-state index is 8.61. The van der Waals surface area contributed by atoms with Gasteiger partial charge in [0.05, 0.1) is 0 Å². The van der Waals surface area contributed by atoms with Gasteiger partial charge in [0.25, 0.3) is 0 Å². The lowest BCUT2D eigenvalue weighted by atomic mass is 9.83. The summed E-state index contributed by atoms with van der Waals surface area (Å²) in [6.45, 7) is 0. The molecule has 0 amide bonds. The second-order valence-corrected chi connectivity index (χ2v) is 3.11. The molecular formula is C6H7BBrNO2. The van der Waals surface area contributed by atoms with Crippen molar-refractivity contribution in [2.75, 3.05) is 0 Å². The normalized spacial score (nSPS) is 9.73. The quantitative estimate of drug-likeness (QED) is 0.703. The highest BCUT2D eigenvalue weighted by Crippen LogP contribution is 2.09. The summed E-state index contributed by atoms with van der Waals surface area (Å²) >= 11 is 3.23. The number of halogens is 1. The van der Waals surface area contributed by atoms with Crippen LogP contribution in [0.3, 0.4) is 0 Å². The van der Waals surface area contributed by atoms with Crippen molar-refractivity contribution in [1.29, 1.82) is 0 Å². The Morgan fingerprint density at radius 2 is 2.18 bits per heavy atom. The molecule has 1 heterocycles. The smallest absolute Gasteiger partial charge is 0.427 e. The summed E-state index contributed by atoms with van der Waals surface area (Å²) in [5, 5.41) is 17.2. The van der Waals surface area contributed by atoms with Crippen LogP contribution in [0.25, 0.3) is 0 Å². The molecule has 0 atom stereocenters. The Labute approximate surface area is 73.4 Å². The van der Waals surface area contributed by atoms with Crippen LogP contribution in [0.5, 0.6) is 0 Å². The number of rotatable bonds is 2. The Kier molecular flexibility index (Phi) is 3.05. The van der Waals surface area contributed by atoms with Crippen molar-refractivity contribution in [3.8, 4) is 0 Å². The fourth-order valence-electron chi connectivity index (χ4n) is 0.778. The van der Waals surface area contributed by atoms with E-state index in [2.05, 4.69) is 20.9 Å². The van der Waals surface area contributed by atoms with E-state index in [0.717, 1.165) is 10.0 Å². The molecule has 0 aromatic carbocycles. The molecule has 2 N–H and O–H groups in total. The molecule has 1 rings (SSSR count). The second kappa shape index (κ2) is 3.85. The van der Waals surface area contributed by atoms with Crippen LogP contribution in [0.15, 0.2) is 22.9 Å². The molecule has 0 aliphatic carbocycles. The topological polar surface area (TPSA) is 53.4 Å². The molecule has 0 bridgehead atoms. The summed E-state index contributed by atoms with van der Waals surface area (Å²) in [6.07, 6.45) is 3.46. The van der Waals surface area contributed by atoms with Crippen LogP contribution < -0.4 is 0 Å². The SMILES string of the molecule is OB(O)Cc1cncc(Br)c1. The Morgan fingerprint density at radius 1 is 1.45 bits per heavy atom. The van der Waals surface area contributed by atoms with Crippen molar-refractivity contribution < 1.29 is 10.0 Å². The summed E-state index contributed by atoms with van der Waals surface area (Å²) in [5.41, 5.74) is 0.800. The van der Waals surface area contributed by atoms with Crippen LogP contribution in [0.2, 0.25) is 0 Å². The summed E-state index contributed by atoms with van der Waals surface area (Å²) in [6, 6.07) is 1.80. The van der Waals surface area contributed by atoms with Crippen LogP contribution in [0, 0.1) is 0 Å². The minimum absolute atomic E-state index is 0.215. The van der Waals surface area contributed by atoms with E-state index in [1.807, 2.05) is 0 Å². The van der Waals surface area contributed by atoms with E-state index in [1.165, 1.54) is 0 Å². The first-order valence-corrected chi connectivity index (χ1v) is 3.93. The number of pyridine rings is 1. The van der Waals surface area contributed by atoms with Gasteiger partial charge < -0.3 is 10.0 Å². The van der Waals surface area contributed by atoms with E-state index in [0.29, 0.717) is 0 Å². The molecule has 0 aliphatic heterocycles. The summed E-state index contributed by atoms with van der Waals surface area (Å²) in [7, 11) is -1.30. The lowest BCUT2D eigenvalue weighted by molar-refractivity contribution is 0.405. The van der Waals surface area contributed by atoms with Crippen LogP contribution in [-0.4, -0.2) is 22.2 Å². The fraction of sp³-hybridized carbons (Fsp3) is 0.167. The van der Waals surface area contributed by atoms with Crippen molar-refractivity contribution in [2.45, 2.75) is 6.32 Å². The lowest BCUT2D eigenvalue weighted by Gasteiger charge is -1.98. The maximum atomic E-state index is 8.61. The van der Waals surface area contributed by atoms with Crippen molar-refractivity contribution in [3.63, 3.8) is 0 Å². The van der Waals surface area contributed by atoms with Crippen LogP contribution in [0.4, 0.5) is 0 Å². The molecule has 3 nitrogen and oxygen atoms in total. The van der Waals surface area contributed by atoms with Gasteiger partial charge in [0.2, 0.25) is 0 Å². The van der Waals surface area contributed by atoms with Crippen LogP contribution in [0.1, 0.15) is 5.56 Å². The zero-order valence-corrected chi connectivity index (χ0v) is 7.32. The van der Waals surface area contributed by atoms with Gasteiger partial charge >= 0.3 is 7.12 Å². The molecule has 1 aromatic rings. The number of aromatic nitrogens is 1. The van der Waals surface area contributed by atoms with Crippen LogP contribution in [-0.2, 0) is 6.32 Å². The first-order valence-electron chi connectivity index (χ1n) is 3.14. The molecule has 1 aromatic heterocycles. The largest absolute Gasteiger partial charge is 0.456 e. The zero-order valence-electron chi connectivity index (χ0n) is 5.74. The highest BCUT2D eigenvalue weighted by atomic mass is 79.9. The Balaban J connectivity index is 2.71. The van der Waals surface area contributed by atoms with Gasteiger partial charge in [0.15, 0.2) is 0 Å². The molecule has 5 heteroatoms. The molecule has 0 radical (unpaired) electrons. The van der Waals surface area contributed by atoms with E-state index in [-0.39, 0.29) is 6.32 Å². The molecular weight excluding hydrogens is 209 g/mol. The fourth-order valence-corrected chi connectivity index (χ4v) is 1.19. The van der Waals surface area contributed by atoms with Gasteiger partial charge in [0.1, 0.15) is 0 Å². The average molecular weight is 216 g/mol. The second-order valence-electron chi connectivity index (χ2n) is 2.20. The Hall–Kier alpha value is -0.385.